The van der Waals surface area contributed by atoms with Crippen molar-refractivity contribution in [1.29, 1.82) is 0 Å². The first-order valence-corrected chi connectivity index (χ1v) is 11.5. The van der Waals surface area contributed by atoms with Gasteiger partial charge in [-0.25, -0.2) is 0 Å². The first-order valence-electron chi connectivity index (χ1n) is 11.5. The third-order valence-electron chi connectivity index (χ3n) is 6.15. The van der Waals surface area contributed by atoms with Gasteiger partial charge in [0, 0.05) is 6.42 Å². The van der Waals surface area contributed by atoms with Gasteiger partial charge in [0.15, 0.2) is 0 Å². The van der Waals surface area contributed by atoms with Crippen molar-refractivity contribution >= 4 is 6.29 Å². The zero-order chi connectivity index (χ0) is 19.2. The first kappa shape index (κ1) is 22.0. The van der Waals surface area contributed by atoms with Crippen LogP contribution >= 0.6 is 0 Å². The summed E-state index contributed by atoms with van der Waals surface area (Å²) in [5, 5.41) is 0. The summed E-state index contributed by atoms with van der Waals surface area (Å²) < 4.78 is 5.83. The topological polar surface area (TPSA) is 26.3 Å². The van der Waals surface area contributed by atoms with Gasteiger partial charge >= 0.3 is 0 Å². The summed E-state index contributed by atoms with van der Waals surface area (Å²) in [7, 11) is 0. The molecule has 0 unspecified atom stereocenters. The second-order valence-corrected chi connectivity index (χ2v) is 8.35. The van der Waals surface area contributed by atoms with Crippen LogP contribution in [0.2, 0.25) is 0 Å². The zero-order valence-corrected chi connectivity index (χ0v) is 17.5. The Balaban J connectivity index is 1.61. The van der Waals surface area contributed by atoms with Crippen molar-refractivity contribution in [2.45, 2.75) is 103 Å². The highest BCUT2D eigenvalue weighted by Crippen LogP contribution is 2.38. The van der Waals surface area contributed by atoms with Crippen LogP contribution in [0.1, 0.15) is 108 Å². The van der Waals surface area contributed by atoms with Crippen molar-refractivity contribution in [3.05, 3.63) is 29.8 Å². The van der Waals surface area contributed by atoms with Crippen LogP contribution in [0.25, 0.3) is 0 Å². The van der Waals surface area contributed by atoms with Crippen LogP contribution in [0.4, 0.5) is 0 Å². The Hall–Kier alpha value is -1.31. The molecule has 1 aromatic carbocycles. The number of hydrogen-bond donors (Lipinski definition) is 0. The lowest BCUT2D eigenvalue weighted by atomic mass is 9.77. The molecule has 1 saturated carbocycles. The summed E-state index contributed by atoms with van der Waals surface area (Å²) in [5.74, 6) is 2.71. The molecule has 0 radical (unpaired) electrons. The summed E-state index contributed by atoms with van der Waals surface area (Å²) in [6.07, 6.45) is 18.8. The Kier molecular flexibility index (Phi) is 11.2. The number of hydrogen-bond acceptors (Lipinski definition) is 2. The van der Waals surface area contributed by atoms with E-state index in [9.17, 15) is 4.79 Å². The quantitative estimate of drug-likeness (QED) is 0.250. The minimum Gasteiger partial charge on any atom is -0.494 e. The summed E-state index contributed by atoms with van der Waals surface area (Å²) in [6, 6.07) is 8.83. The molecule has 1 aliphatic carbocycles. The van der Waals surface area contributed by atoms with Crippen LogP contribution in [0.5, 0.6) is 5.75 Å². The smallest absolute Gasteiger partial charge is 0.119 e. The number of carbonyl (C=O) groups is 1. The van der Waals surface area contributed by atoms with Crippen LogP contribution in [0.15, 0.2) is 24.3 Å². The molecule has 0 atom stereocenters. The summed E-state index contributed by atoms with van der Waals surface area (Å²) >= 11 is 0. The lowest BCUT2D eigenvalue weighted by molar-refractivity contribution is -0.107. The van der Waals surface area contributed by atoms with E-state index in [0.29, 0.717) is 6.42 Å². The first-order chi connectivity index (χ1) is 13.3. The van der Waals surface area contributed by atoms with Crippen molar-refractivity contribution < 1.29 is 9.53 Å². The molecule has 2 nitrogen and oxygen atoms in total. The molecule has 2 rings (SSSR count). The lowest BCUT2D eigenvalue weighted by Gasteiger charge is -2.29. The molecule has 0 aromatic heterocycles. The number of benzene rings is 1. The summed E-state index contributed by atoms with van der Waals surface area (Å²) in [5.41, 5.74) is 1.50. The third-order valence-corrected chi connectivity index (χ3v) is 6.15. The van der Waals surface area contributed by atoms with Gasteiger partial charge < -0.3 is 9.53 Å². The molecule has 0 N–H and O–H groups in total. The monoisotopic (exact) mass is 372 g/mol. The molecule has 0 amide bonds. The van der Waals surface area contributed by atoms with Gasteiger partial charge in [0.25, 0.3) is 0 Å². The van der Waals surface area contributed by atoms with E-state index in [-0.39, 0.29) is 0 Å². The molecule has 0 bridgehead atoms. The van der Waals surface area contributed by atoms with E-state index in [1.54, 1.807) is 0 Å². The summed E-state index contributed by atoms with van der Waals surface area (Å²) in [6.45, 7) is 3.04. The number of rotatable bonds is 14. The highest BCUT2D eigenvalue weighted by atomic mass is 16.5. The van der Waals surface area contributed by atoms with E-state index in [1.807, 2.05) is 0 Å². The van der Waals surface area contributed by atoms with E-state index in [2.05, 4.69) is 31.2 Å². The van der Waals surface area contributed by atoms with E-state index >= 15 is 0 Å². The van der Waals surface area contributed by atoms with Crippen LogP contribution in [0.3, 0.4) is 0 Å². The van der Waals surface area contributed by atoms with Gasteiger partial charge in [-0.3, -0.25) is 0 Å². The predicted molar refractivity (Wildman–Crippen MR) is 115 cm³/mol. The van der Waals surface area contributed by atoms with Crippen LogP contribution in [-0.4, -0.2) is 12.9 Å². The second-order valence-electron chi connectivity index (χ2n) is 8.35. The normalized spacial score (nSPS) is 19.7. The zero-order valence-electron chi connectivity index (χ0n) is 17.5. The van der Waals surface area contributed by atoms with Gasteiger partial charge in [-0.1, -0.05) is 57.6 Å². The molecular weight excluding hydrogens is 332 g/mol. The number of aldehydes is 1. The largest absolute Gasteiger partial charge is 0.494 e. The van der Waals surface area contributed by atoms with Crippen LogP contribution < -0.4 is 4.74 Å². The van der Waals surface area contributed by atoms with E-state index < -0.39 is 0 Å². The number of unbranched alkanes of at least 4 members (excludes halogenated alkanes) is 7. The number of carbonyl (C=O) groups excluding carboxylic acids is 1. The molecule has 0 saturated heterocycles. The van der Waals surface area contributed by atoms with Gasteiger partial charge in [-0.2, -0.15) is 0 Å². The van der Waals surface area contributed by atoms with Crippen LogP contribution in [-0.2, 0) is 4.79 Å². The molecule has 2 heteroatoms. The molecule has 1 fully saturated rings. The molecule has 0 heterocycles. The highest BCUT2D eigenvalue weighted by Gasteiger charge is 2.22. The fourth-order valence-electron chi connectivity index (χ4n) is 4.35. The third kappa shape index (κ3) is 8.95. The Morgan fingerprint density at radius 2 is 1.59 bits per heavy atom. The van der Waals surface area contributed by atoms with Gasteiger partial charge in [0.2, 0.25) is 0 Å². The van der Waals surface area contributed by atoms with Gasteiger partial charge in [0.05, 0.1) is 6.61 Å². The van der Waals surface area contributed by atoms with Crippen molar-refractivity contribution in [1.82, 2.24) is 0 Å². The molecular formula is C25H40O2. The molecule has 0 spiro atoms. The Morgan fingerprint density at radius 1 is 0.889 bits per heavy atom. The maximum atomic E-state index is 10.3. The highest BCUT2D eigenvalue weighted by molar-refractivity contribution is 5.48. The number of ether oxygens (including phenoxy) is 1. The minimum atomic E-state index is 0.676. The van der Waals surface area contributed by atoms with Gasteiger partial charge in [-0.15, -0.1) is 0 Å². The fraction of sp³-hybridized carbons (Fsp3) is 0.720. The predicted octanol–water partition coefficient (Wildman–Crippen LogP) is 7.46. The SMILES string of the molecule is CCCCCCCC1CCC(c2ccc(OCCCCCC=O)cc2)CC1. The average Bonchev–Trinajstić information content (AvgIpc) is 2.71. The van der Waals surface area contributed by atoms with Crippen molar-refractivity contribution in [2.24, 2.45) is 5.92 Å². The van der Waals surface area contributed by atoms with E-state index in [0.717, 1.165) is 49.7 Å². The second kappa shape index (κ2) is 13.8. The molecule has 27 heavy (non-hydrogen) atoms. The minimum absolute atomic E-state index is 0.676. The lowest BCUT2D eigenvalue weighted by Crippen LogP contribution is -2.13. The molecule has 152 valence electrons. The summed E-state index contributed by atoms with van der Waals surface area (Å²) in [4.78, 5) is 10.3. The van der Waals surface area contributed by atoms with E-state index in [4.69, 9.17) is 4.74 Å². The van der Waals surface area contributed by atoms with Gasteiger partial charge in [-0.05, 0) is 74.5 Å². The maximum absolute atomic E-state index is 10.3. The van der Waals surface area contributed by atoms with Crippen LogP contribution in [0, 0.1) is 5.92 Å². The van der Waals surface area contributed by atoms with Gasteiger partial charge in [0.1, 0.15) is 12.0 Å². The standard InChI is InChI=1S/C25H40O2/c1-2-3-4-5-8-11-22-12-14-23(15-13-22)24-16-18-25(19-17-24)27-21-10-7-6-9-20-26/h16-20,22-23H,2-15,21H2,1H3. The fourth-order valence-corrected chi connectivity index (χ4v) is 4.35. The average molecular weight is 373 g/mol. The van der Waals surface area contributed by atoms with E-state index in [1.165, 1.54) is 69.8 Å². The Labute approximate surface area is 167 Å². The van der Waals surface area contributed by atoms with Crippen molar-refractivity contribution in [3.63, 3.8) is 0 Å². The van der Waals surface area contributed by atoms with Crippen molar-refractivity contribution in [3.8, 4) is 5.75 Å². The molecule has 0 aliphatic heterocycles. The van der Waals surface area contributed by atoms with Crippen molar-refractivity contribution in [2.75, 3.05) is 6.61 Å². The maximum Gasteiger partial charge on any atom is 0.119 e. The molecule has 1 aliphatic rings. The Morgan fingerprint density at radius 3 is 2.30 bits per heavy atom. The molecule has 1 aromatic rings. The Bertz CT molecular complexity index is 486.